The minimum atomic E-state index is -2.44. The highest BCUT2D eigenvalue weighted by molar-refractivity contribution is 6.99. The van der Waals surface area contributed by atoms with E-state index >= 15 is 0 Å². The zero-order valence-electron chi connectivity index (χ0n) is 20.2. The van der Waals surface area contributed by atoms with Crippen LogP contribution in [0.25, 0.3) is 0 Å². The van der Waals surface area contributed by atoms with Crippen molar-refractivity contribution < 1.29 is 4.43 Å². The van der Waals surface area contributed by atoms with Crippen LogP contribution < -0.4 is 10.4 Å². The molecule has 0 atom stereocenters. The molecule has 1 nitrogen and oxygen atoms in total. The Morgan fingerprint density at radius 3 is 1.50 bits per heavy atom. The SMILES string of the molecule is CC(C)C1(C(C)C)CCC(O[Si](c2ccccc2)(c2ccccc2)C(C)(C)C)CC1. The standard InChI is InChI=1S/C28H42OSi/c1-22(2)28(23(3)4)20-18-24(19-21-28)29-30(27(5,6)7,25-14-10-8-11-15-25)26-16-12-9-13-17-26/h8-17,22-24H,18-21H2,1-7H3. The Morgan fingerprint density at radius 2 is 1.17 bits per heavy atom. The minimum Gasteiger partial charge on any atom is -0.404 e. The molecule has 0 heterocycles. The van der Waals surface area contributed by atoms with Gasteiger partial charge in [0, 0.05) is 6.10 Å². The summed E-state index contributed by atoms with van der Waals surface area (Å²) in [7, 11) is -2.44. The van der Waals surface area contributed by atoms with E-state index in [4.69, 9.17) is 4.43 Å². The Kier molecular flexibility index (Phi) is 6.99. The Balaban J connectivity index is 1.99. The topological polar surface area (TPSA) is 9.23 Å². The van der Waals surface area contributed by atoms with Gasteiger partial charge in [-0.15, -0.1) is 0 Å². The van der Waals surface area contributed by atoms with Crippen molar-refractivity contribution in [2.24, 2.45) is 17.3 Å². The van der Waals surface area contributed by atoms with Crippen molar-refractivity contribution in [2.75, 3.05) is 0 Å². The van der Waals surface area contributed by atoms with Gasteiger partial charge in [0.2, 0.25) is 0 Å². The zero-order chi connectivity index (χ0) is 22.0. The van der Waals surface area contributed by atoms with E-state index in [1.54, 1.807) is 0 Å². The van der Waals surface area contributed by atoms with Crippen LogP contribution in [0.2, 0.25) is 5.04 Å². The summed E-state index contributed by atoms with van der Waals surface area (Å²) in [6.07, 6.45) is 5.28. The lowest BCUT2D eigenvalue weighted by molar-refractivity contribution is 0.00784. The molecular formula is C28H42OSi. The maximum Gasteiger partial charge on any atom is 0.261 e. The first-order valence-electron chi connectivity index (χ1n) is 11.9. The second-order valence-corrected chi connectivity index (χ2v) is 15.3. The lowest BCUT2D eigenvalue weighted by atomic mass is 9.60. The molecule has 0 aromatic heterocycles. The van der Waals surface area contributed by atoms with Gasteiger partial charge in [-0.05, 0) is 58.3 Å². The molecule has 0 unspecified atom stereocenters. The van der Waals surface area contributed by atoms with Crippen molar-refractivity contribution in [3.63, 3.8) is 0 Å². The lowest BCUT2D eigenvalue weighted by Crippen LogP contribution is -2.68. The van der Waals surface area contributed by atoms with Gasteiger partial charge < -0.3 is 4.43 Å². The van der Waals surface area contributed by atoms with Gasteiger partial charge in [0.05, 0.1) is 0 Å². The second-order valence-electron chi connectivity index (χ2n) is 11.0. The Bertz CT molecular complexity index is 731. The summed E-state index contributed by atoms with van der Waals surface area (Å²) in [5.74, 6) is 1.46. The normalized spacial score (nSPS) is 18.2. The molecule has 1 saturated carbocycles. The Hall–Kier alpha value is -1.38. The van der Waals surface area contributed by atoms with Gasteiger partial charge in [-0.1, -0.05) is 109 Å². The summed E-state index contributed by atoms with van der Waals surface area (Å²) in [5, 5.41) is 2.85. The van der Waals surface area contributed by atoms with E-state index in [1.165, 1.54) is 36.1 Å². The Morgan fingerprint density at radius 1 is 0.767 bits per heavy atom. The van der Waals surface area contributed by atoms with E-state index in [9.17, 15) is 0 Å². The van der Waals surface area contributed by atoms with Gasteiger partial charge >= 0.3 is 0 Å². The quantitative estimate of drug-likeness (QED) is 0.465. The largest absolute Gasteiger partial charge is 0.404 e. The highest BCUT2D eigenvalue weighted by Crippen LogP contribution is 2.49. The summed E-state index contributed by atoms with van der Waals surface area (Å²) < 4.78 is 7.41. The molecule has 0 radical (unpaired) electrons. The van der Waals surface area contributed by atoms with Crippen LogP contribution in [0.15, 0.2) is 60.7 Å². The zero-order valence-corrected chi connectivity index (χ0v) is 21.2. The van der Waals surface area contributed by atoms with Gasteiger partial charge in [-0.2, -0.15) is 0 Å². The molecule has 1 aliphatic rings. The van der Waals surface area contributed by atoms with Crippen LogP contribution in [0.4, 0.5) is 0 Å². The average molecular weight is 423 g/mol. The number of rotatable bonds is 6. The maximum atomic E-state index is 7.41. The van der Waals surface area contributed by atoms with Crippen molar-refractivity contribution in [3.8, 4) is 0 Å². The third-order valence-corrected chi connectivity index (χ3v) is 13.0. The van der Waals surface area contributed by atoms with E-state index in [0.717, 1.165) is 11.8 Å². The van der Waals surface area contributed by atoms with Crippen molar-refractivity contribution in [2.45, 2.75) is 85.3 Å². The molecule has 0 amide bonds. The second kappa shape index (κ2) is 9.00. The highest BCUT2D eigenvalue weighted by atomic mass is 28.4. The first-order valence-corrected chi connectivity index (χ1v) is 13.8. The molecule has 3 rings (SSSR count). The molecule has 0 spiro atoms. The molecule has 164 valence electrons. The molecule has 2 aromatic carbocycles. The average Bonchev–Trinajstić information content (AvgIpc) is 2.72. The summed E-state index contributed by atoms with van der Waals surface area (Å²) in [4.78, 5) is 0. The first-order chi connectivity index (χ1) is 14.1. The third kappa shape index (κ3) is 4.18. The first kappa shape index (κ1) is 23.3. The molecule has 0 bridgehead atoms. The fourth-order valence-electron chi connectivity index (χ4n) is 6.01. The molecule has 2 aromatic rings. The molecule has 30 heavy (non-hydrogen) atoms. The van der Waals surface area contributed by atoms with Crippen LogP contribution in [-0.2, 0) is 4.43 Å². The monoisotopic (exact) mass is 422 g/mol. The van der Waals surface area contributed by atoms with Crippen molar-refractivity contribution in [1.82, 2.24) is 0 Å². The third-order valence-electron chi connectivity index (χ3n) is 7.92. The van der Waals surface area contributed by atoms with Gasteiger partial charge in [0.15, 0.2) is 0 Å². The van der Waals surface area contributed by atoms with Crippen LogP contribution in [0, 0.1) is 17.3 Å². The smallest absolute Gasteiger partial charge is 0.261 e. The van der Waals surface area contributed by atoms with Crippen LogP contribution in [0.5, 0.6) is 0 Å². The van der Waals surface area contributed by atoms with E-state index in [0.29, 0.717) is 11.5 Å². The summed E-state index contributed by atoms with van der Waals surface area (Å²) in [6, 6.07) is 22.2. The molecule has 0 N–H and O–H groups in total. The predicted octanol–water partition coefficient (Wildman–Crippen LogP) is 6.80. The van der Waals surface area contributed by atoms with Crippen molar-refractivity contribution in [1.29, 1.82) is 0 Å². The van der Waals surface area contributed by atoms with Gasteiger partial charge in [-0.3, -0.25) is 0 Å². The predicted molar refractivity (Wildman–Crippen MR) is 133 cm³/mol. The maximum absolute atomic E-state index is 7.41. The van der Waals surface area contributed by atoms with Gasteiger partial charge in [-0.25, -0.2) is 0 Å². The Labute approximate surface area is 186 Å². The van der Waals surface area contributed by atoms with Crippen molar-refractivity contribution >= 4 is 18.7 Å². The molecular weight excluding hydrogens is 380 g/mol. The van der Waals surface area contributed by atoms with E-state index in [2.05, 4.69) is 109 Å². The molecule has 1 aliphatic carbocycles. The fourth-order valence-corrected chi connectivity index (χ4v) is 10.8. The van der Waals surface area contributed by atoms with Crippen LogP contribution in [-0.4, -0.2) is 14.4 Å². The molecule has 1 fully saturated rings. The van der Waals surface area contributed by atoms with Gasteiger partial charge in [0.25, 0.3) is 8.32 Å². The number of hydrogen-bond donors (Lipinski definition) is 0. The molecule has 0 saturated heterocycles. The molecule has 0 aliphatic heterocycles. The van der Waals surface area contributed by atoms with Crippen molar-refractivity contribution in [3.05, 3.63) is 60.7 Å². The van der Waals surface area contributed by atoms with E-state index in [1.807, 2.05) is 0 Å². The lowest BCUT2D eigenvalue weighted by Gasteiger charge is -2.50. The number of hydrogen-bond acceptors (Lipinski definition) is 1. The number of benzene rings is 2. The summed E-state index contributed by atoms with van der Waals surface area (Å²) in [6.45, 7) is 16.8. The minimum absolute atomic E-state index is 0.0559. The van der Waals surface area contributed by atoms with Crippen LogP contribution >= 0.6 is 0 Å². The summed E-state index contributed by atoms with van der Waals surface area (Å²) in [5.41, 5.74) is 0.464. The van der Waals surface area contributed by atoms with E-state index < -0.39 is 8.32 Å². The van der Waals surface area contributed by atoms with E-state index in [-0.39, 0.29) is 5.04 Å². The van der Waals surface area contributed by atoms with Crippen LogP contribution in [0.1, 0.15) is 74.1 Å². The van der Waals surface area contributed by atoms with Crippen LogP contribution in [0.3, 0.4) is 0 Å². The van der Waals surface area contributed by atoms with Gasteiger partial charge in [0.1, 0.15) is 0 Å². The fraction of sp³-hybridized carbons (Fsp3) is 0.571. The molecule has 2 heteroatoms. The highest BCUT2D eigenvalue weighted by Gasteiger charge is 2.52. The summed E-state index contributed by atoms with van der Waals surface area (Å²) >= 11 is 0.